The van der Waals surface area contributed by atoms with E-state index < -0.39 is 11.9 Å². The third-order valence-electron chi connectivity index (χ3n) is 4.31. The molecule has 1 amide bonds. The Bertz CT molecular complexity index is 584. The topological polar surface area (TPSA) is 82.8 Å². The second-order valence-corrected chi connectivity index (χ2v) is 6.14. The zero-order valence-electron chi connectivity index (χ0n) is 13.9. The summed E-state index contributed by atoms with van der Waals surface area (Å²) in [6.07, 6.45) is 2.70. The molecule has 0 aliphatic carbocycles. The molecule has 0 radical (unpaired) electrons. The van der Waals surface area contributed by atoms with Gasteiger partial charge in [-0.2, -0.15) is 0 Å². The van der Waals surface area contributed by atoms with Crippen molar-refractivity contribution in [2.24, 2.45) is 5.73 Å². The summed E-state index contributed by atoms with van der Waals surface area (Å²) in [6.45, 7) is 1.51. The average molecular weight is 375 g/mol. The summed E-state index contributed by atoms with van der Waals surface area (Å²) in [5.41, 5.74) is 5.86. The van der Waals surface area contributed by atoms with Crippen LogP contribution in [0.2, 0.25) is 0 Å². The molecular formula is C17H24ClFN2O4. The van der Waals surface area contributed by atoms with E-state index in [4.69, 9.17) is 19.9 Å². The van der Waals surface area contributed by atoms with Crippen LogP contribution in [0.5, 0.6) is 5.75 Å². The summed E-state index contributed by atoms with van der Waals surface area (Å²) in [5, 5.41) is 2.70. The summed E-state index contributed by atoms with van der Waals surface area (Å²) in [5.74, 6) is -0.325. The molecule has 2 saturated heterocycles. The van der Waals surface area contributed by atoms with Crippen LogP contribution in [-0.2, 0) is 14.3 Å². The molecule has 0 bridgehead atoms. The Hall–Kier alpha value is -1.41. The van der Waals surface area contributed by atoms with E-state index in [1.807, 2.05) is 0 Å². The fraction of sp³-hybridized carbons (Fsp3) is 0.588. The fourth-order valence-corrected chi connectivity index (χ4v) is 2.97. The van der Waals surface area contributed by atoms with Gasteiger partial charge in [-0.05, 0) is 37.8 Å². The molecule has 2 heterocycles. The molecule has 8 heteroatoms. The quantitative estimate of drug-likeness (QED) is 0.798. The highest BCUT2D eigenvalue weighted by Gasteiger charge is 2.30. The first-order chi connectivity index (χ1) is 11.7. The second kappa shape index (κ2) is 9.33. The van der Waals surface area contributed by atoms with Crippen molar-refractivity contribution in [3.8, 4) is 5.75 Å². The summed E-state index contributed by atoms with van der Waals surface area (Å²) in [7, 11) is 0. The zero-order valence-corrected chi connectivity index (χ0v) is 14.7. The number of halogens is 2. The van der Waals surface area contributed by atoms with Gasteiger partial charge in [0.15, 0.2) is 0 Å². The molecule has 2 aliphatic heterocycles. The molecule has 0 saturated carbocycles. The average Bonchev–Trinajstić information content (AvgIpc) is 3.25. The van der Waals surface area contributed by atoms with E-state index in [1.165, 1.54) is 18.2 Å². The highest BCUT2D eigenvalue weighted by Crippen LogP contribution is 2.28. The van der Waals surface area contributed by atoms with Gasteiger partial charge in [0.25, 0.3) is 5.91 Å². The summed E-state index contributed by atoms with van der Waals surface area (Å²) < 4.78 is 30.3. The second-order valence-electron chi connectivity index (χ2n) is 6.14. The summed E-state index contributed by atoms with van der Waals surface area (Å²) >= 11 is 0. The highest BCUT2D eigenvalue weighted by atomic mass is 35.5. The Labute approximate surface area is 152 Å². The number of nitrogens with one attached hydrogen (secondary N) is 1. The van der Waals surface area contributed by atoms with Gasteiger partial charge in [0.2, 0.25) is 0 Å². The molecule has 1 aromatic rings. The third kappa shape index (κ3) is 5.28. The minimum Gasteiger partial charge on any atom is -0.489 e. The molecule has 25 heavy (non-hydrogen) atoms. The number of carbonyl (C=O) groups excluding carboxylic acids is 1. The number of anilines is 1. The van der Waals surface area contributed by atoms with Crippen LogP contribution < -0.4 is 15.8 Å². The van der Waals surface area contributed by atoms with E-state index in [2.05, 4.69) is 5.32 Å². The maximum absolute atomic E-state index is 13.6. The first-order valence-corrected chi connectivity index (χ1v) is 8.36. The molecule has 6 nitrogen and oxygen atoms in total. The Morgan fingerprint density at radius 2 is 2.16 bits per heavy atom. The third-order valence-corrected chi connectivity index (χ3v) is 4.31. The van der Waals surface area contributed by atoms with Crippen molar-refractivity contribution >= 4 is 24.0 Å². The van der Waals surface area contributed by atoms with Crippen molar-refractivity contribution in [3.63, 3.8) is 0 Å². The predicted molar refractivity (Wildman–Crippen MR) is 93.7 cm³/mol. The molecule has 3 N–H and O–H groups in total. The maximum atomic E-state index is 13.6. The van der Waals surface area contributed by atoms with Crippen LogP contribution in [-0.4, -0.2) is 44.0 Å². The molecule has 3 rings (SSSR count). The van der Waals surface area contributed by atoms with Gasteiger partial charge in [0, 0.05) is 19.2 Å². The number of nitrogens with two attached hydrogens (primary N) is 1. The minimum atomic E-state index is -0.562. The first kappa shape index (κ1) is 19.9. The van der Waals surface area contributed by atoms with Crippen LogP contribution >= 0.6 is 12.4 Å². The van der Waals surface area contributed by atoms with Crippen molar-refractivity contribution in [2.75, 3.05) is 25.1 Å². The highest BCUT2D eigenvalue weighted by molar-refractivity contribution is 5.95. The van der Waals surface area contributed by atoms with E-state index >= 15 is 0 Å². The Balaban J connectivity index is 0.00000225. The lowest BCUT2D eigenvalue weighted by Gasteiger charge is -2.17. The fourth-order valence-electron chi connectivity index (χ4n) is 2.97. The minimum absolute atomic E-state index is 0. The van der Waals surface area contributed by atoms with Gasteiger partial charge in [0.05, 0.1) is 17.9 Å². The first-order valence-electron chi connectivity index (χ1n) is 8.36. The number of carbonyl (C=O) groups is 1. The predicted octanol–water partition coefficient (Wildman–Crippen LogP) is 2.25. The van der Waals surface area contributed by atoms with E-state index in [0.717, 1.165) is 25.9 Å². The van der Waals surface area contributed by atoms with Crippen LogP contribution in [0.15, 0.2) is 18.2 Å². The number of amides is 1. The van der Waals surface area contributed by atoms with Crippen molar-refractivity contribution < 1.29 is 23.4 Å². The van der Waals surface area contributed by atoms with Crippen LogP contribution in [0.4, 0.5) is 10.1 Å². The number of benzene rings is 1. The van der Waals surface area contributed by atoms with Crippen LogP contribution in [0.25, 0.3) is 0 Å². The van der Waals surface area contributed by atoms with Crippen LogP contribution in [0, 0.1) is 5.82 Å². The molecule has 1 aromatic carbocycles. The van der Waals surface area contributed by atoms with E-state index in [9.17, 15) is 9.18 Å². The zero-order chi connectivity index (χ0) is 16.9. The molecule has 140 valence electrons. The van der Waals surface area contributed by atoms with Gasteiger partial charge >= 0.3 is 0 Å². The van der Waals surface area contributed by atoms with Crippen molar-refractivity contribution in [2.45, 2.75) is 44.0 Å². The van der Waals surface area contributed by atoms with Crippen molar-refractivity contribution in [1.82, 2.24) is 0 Å². The lowest BCUT2D eigenvalue weighted by Crippen LogP contribution is -2.30. The standard InChI is InChI=1S/C17H23FN2O4.ClH/c18-11-3-5-15(23-10-13-2-1-7-22-13)14(8-11)20-17(21)16-6-4-12(9-19)24-16;/h3,5,8,12-13,16H,1-2,4,6-7,9-10,19H2,(H,20,21);1H/t12-,13?,16+;/m1./s1. The molecule has 2 fully saturated rings. The molecule has 3 atom stereocenters. The lowest BCUT2D eigenvalue weighted by molar-refractivity contribution is -0.126. The molecule has 2 aliphatic rings. The molecule has 0 aromatic heterocycles. The smallest absolute Gasteiger partial charge is 0.253 e. The molecule has 0 spiro atoms. The van der Waals surface area contributed by atoms with E-state index in [1.54, 1.807) is 0 Å². The Morgan fingerprint density at radius 3 is 2.84 bits per heavy atom. The van der Waals surface area contributed by atoms with Gasteiger partial charge in [-0.25, -0.2) is 4.39 Å². The van der Waals surface area contributed by atoms with Gasteiger partial charge in [-0.15, -0.1) is 12.4 Å². The number of ether oxygens (including phenoxy) is 3. The lowest BCUT2D eigenvalue weighted by atomic mass is 10.2. The summed E-state index contributed by atoms with van der Waals surface area (Å²) in [4.78, 5) is 12.3. The van der Waals surface area contributed by atoms with Crippen LogP contribution in [0.1, 0.15) is 25.7 Å². The largest absolute Gasteiger partial charge is 0.489 e. The molecule has 1 unspecified atom stereocenters. The number of hydrogen-bond acceptors (Lipinski definition) is 5. The normalized spacial score (nSPS) is 25.4. The monoisotopic (exact) mass is 374 g/mol. The van der Waals surface area contributed by atoms with Gasteiger partial charge in [-0.1, -0.05) is 0 Å². The van der Waals surface area contributed by atoms with Gasteiger partial charge < -0.3 is 25.3 Å². The Morgan fingerprint density at radius 1 is 1.32 bits per heavy atom. The van der Waals surface area contributed by atoms with Gasteiger partial charge in [0.1, 0.15) is 24.3 Å². The molecular weight excluding hydrogens is 351 g/mol. The number of rotatable bonds is 6. The van der Waals surface area contributed by atoms with Gasteiger partial charge in [-0.3, -0.25) is 4.79 Å². The Kier molecular flexibility index (Phi) is 7.43. The van der Waals surface area contributed by atoms with Crippen LogP contribution in [0.3, 0.4) is 0 Å². The number of hydrogen-bond donors (Lipinski definition) is 2. The SMILES string of the molecule is Cl.NC[C@H]1CC[C@@H](C(=O)Nc2cc(F)ccc2OCC2CCCO2)O1. The van der Waals surface area contributed by atoms with Crippen molar-refractivity contribution in [3.05, 3.63) is 24.0 Å². The van der Waals surface area contributed by atoms with Crippen molar-refractivity contribution in [1.29, 1.82) is 0 Å². The van der Waals surface area contributed by atoms with E-state index in [-0.39, 0.29) is 30.5 Å². The maximum Gasteiger partial charge on any atom is 0.253 e. The summed E-state index contributed by atoms with van der Waals surface area (Å²) in [6, 6.07) is 4.06. The van der Waals surface area contributed by atoms with E-state index in [0.29, 0.717) is 31.0 Å².